The summed E-state index contributed by atoms with van der Waals surface area (Å²) in [5, 5.41) is 7.11. The van der Waals surface area contributed by atoms with Crippen molar-refractivity contribution < 1.29 is 9.59 Å². The van der Waals surface area contributed by atoms with E-state index in [-0.39, 0.29) is 35.2 Å². The van der Waals surface area contributed by atoms with E-state index in [1.54, 1.807) is 0 Å². The van der Waals surface area contributed by atoms with Crippen LogP contribution in [0.2, 0.25) is 0 Å². The van der Waals surface area contributed by atoms with E-state index in [0.717, 1.165) is 25.9 Å². The molecule has 3 unspecified atom stereocenters. The second-order valence-corrected chi connectivity index (χ2v) is 7.90. The third kappa shape index (κ3) is 4.14. The van der Waals surface area contributed by atoms with Gasteiger partial charge in [0.05, 0.1) is 0 Å². The molecule has 0 saturated carbocycles. The Labute approximate surface area is 175 Å². The predicted octanol–water partition coefficient (Wildman–Crippen LogP) is 0.982. The van der Waals surface area contributed by atoms with Crippen LogP contribution in [-0.4, -0.2) is 69.7 Å². The van der Waals surface area contributed by atoms with Crippen LogP contribution in [0.5, 0.6) is 0 Å². The van der Waals surface area contributed by atoms with Gasteiger partial charge in [0.25, 0.3) is 17.4 Å². The van der Waals surface area contributed by atoms with Gasteiger partial charge < -0.3 is 10.2 Å². The lowest BCUT2D eigenvalue weighted by Crippen LogP contribution is -2.57. The number of aryl methyl sites for hydroxylation is 1. The minimum absolute atomic E-state index is 0.0479. The molecular formula is C22H27N5O3. The van der Waals surface area contributed by atoms with Crippen LogP contribution in [0.1, 0.15) is 40.6 Å². The van der Waals surface area contributed by atoms with Gasteiger partial charge in [0.15, 0.2) is 0 Å². The van der Waals surface area contributed by atoms with Gasteiger partial charge in [-0.15, -0.1) is 0 Å². The lowest BCUT2D eigenvalue weighted by molar-refractivity contribution is 0.0493. The Balaban J connectivity index is 1.42. The standard InChI is InChI=1S/C22H27N5O3/c1-2-11-27-20(28)9-8-19(24-27)21(29)23-13-18-15-26(17-10-12-25(18)14-17)22(30)16-6-4-3-5-7-16/h3-9,17-18H,2,10-15H2,1H3,(H,23,29). The second kappa shape index (κ2) is 8.79. The first-order chi connectivity index (χ1) is 14.6. The molecule has 158 valence electrons. The largest absolute Gasteiger partial charge is 0.349 e. The fourth-order valence-electron chi connectivity index (χ4n) is 4.28. The van der Waals surface area contributed by atoms with Crippen LogP contribution in [-0.2, 0) is 6.54 Å². The maximum Gasteiger partial charge on any atom is 0.271 e. The Bertz CT molecular complexity index is 974. The molecule has 2 aromatic rings. The van der Waals surface area contributed by atoms with E-state index >= 15 is 0 Å². The van der Waals surface area contributed by atoms with E-state index in [0.29, 0.717) is 25.2 Å². The smallest absolute Gasteiger partial charge is 0.271 e. The van der Waals surface area contributed by atoms with Crippen LogP contribution >= 0.6 is 0 Å². The van der Waals surface area contributed by atoms with Gasteiger partial charge in [-0.25, -0.2) is 4.68 Å². The summed E-state index contributed by atoms with van der Waals surface area (Å²) in [6.07, 6.45) is 1.72. The molecule has 1 aromatic carbocycles. The average molecular weight is 409 g/mol. The third-order valence-corrected chi connectivity index (χ3v) is 5.87. The van der Waals surface area contributed by atoms with E-state index < -0.39 is 0 Å². The molecule has 2 fully saturated rings. The number of carbonyl (C=O) groups excluding carboxylic acids is 2. The molecule has 8 heteroatoms. The van der Waals surface area contributed by atoms with Gasteiger partial charge >= 0.3 is 0 Å². The van der Waals surface area contributed by atoms with E-state index in [1.165, 1.54) is 16.8 Å². The molecule has 3 heterocycles. The van der Waals surface area contributed by atoms with Gasteiger partial charge in [0.2, 0.25) is 0 Å². The molecule has 1 aromatic heterocycles. The molecule has 2 aliphatic heterocycles. The van der Waals surface area contributed by atoms with Crippen LogP contribution in [0.15, 0.2) is 47.3 Å². The van der Waals surface area contributed by atoms with E-state index in [4.69, 9.17) is 0 Å². The number of rotatable bonds is 6. The zero-order valence-electron chi connectivity index (χ0n) is 17.2. The number of carbonyl (C=O) groups is 2. The van der Waals surface area contributed by atoms with Crippen molar-refractivity contribution in [1.29, 1.82) is 0 Å². The Morgan fingerprint density at radius 2 is 1.93 bits per heavy atom. The topological polar surface area (TPSA) is 87.5 Å². The number of amides is 2. The monoisotopic (exact) mass is 409 g/mol. The van der Waals surface area contributed by atoms with Crippen LogP contribution in [0.3, 0.4) is 0 Å². The second-order valence-electron chi connectivity index (χ2n) is 7.90. The Morgan fingerprint density at radius 1 is 1.13 bits per heavy atom. The maximum absolute atomic E-state index is 13.0. The molecule has 2 aliphatic rings. The highest BCUT2D eigenvalue weighted by Crippen LogP contribution is 2.26. The Hall–Kier alpha value is -3.00. The molecule has 0 radical (unpaired) electrons. The maximum atomic E-state index is 13.0. The van der Waals surface area contributed by atoms with Gasteiger partial charge in [0.1, 0.15) is 5.69 Å². The van der Waals surface area contributed by atoms with E-state index in [9.17, 15) is 14.4 Å². The van der Waals surface area contributed by atoms with Gasteiger partial charge in [0, 0.05) is 56.4 Å². The summed E-state index contributed by atoms with van der Waals surface area (Å²) in [5.74, 6) is -0.256. The fraction of sp³-hybridized carbons (Fsp3) is 0.455. The molecule has 1 N–H and O–H groups in total. The first-order valence-electron chi connectivity index (χ1n) is 10.5. The van der Waals surface area contributed by atoms with Crippen LogP contribution < -0.4 is 10.9 Å². The summed E-state index contributed by atoms with van der Waals surface area (Å²) in [6, 6.07) is 12.5. The van der Waals surface area contributed by atoms with Crippen molar-refractivity contribution in [3.05, 3.63) is 64.1 Å². The molecule has 0 aliphatic carbocycles. The van der Waals surface area contributed by atoms with Crippen molar-refractivity contribution >= 4 is 11.8 Å². The Morgan fingerprint density at radius 3 is 2.70 bits per heavy atom. The summed E-state index contributed by atoms with van der Waals surface area (Å²) >= 11 is 0. The number of nitrogens with zero attached hydrogens (tertiary/aromatic N) is 4. The van der Waals surface area contributed by atoms with Gasteiger partial charge in [-0.3, -0.25) is 19.3 Å². The van der Waals surface area contributed by atoms with Gasteiger partial charge in [-0.05, 0) is 31.0 Å². The van der Waals surface area contributed by atoms with Gasteiger partial charge in [-0.1, -0.05) is 25.1 Å². The molecule has 2 saturated heterocycles. The SMILES string of the molecule is CCCn1nc(C(=O)NCC2CN(C(=O)c3ccccc3)C3CCN2C3)ccc1=O. The molecule has 2 amide bonds. The van der Waals surface area contributed by atoms with Gasteiger partial charge in [-0.2, -0.15) is 5.10 Å². The molecule has 8 nitrogen and oxygen atoms in total. The summed E-state index contributed by atoms with van der Waals surface area (Å²) in [7, 11) is 0. The molecular weight excluding hydrogens is 382 g/mol. The van der Waals surface area contributed by atoms with Crippen molar-refractivity contribution in [3.63, 3.8) is 0 Å². The summed E-state index contributed by atoms with van der Waals surface area (Å²) in [4.78, 5) is 41.7. The zero-order chi connectivity index (χ0) is 21.1. The lowest BCUT2D eigenvalue weighted by Gasteiger charge is -2.40. The molecule has 2 bridgehead atoms. The van der Waals surface area contributed by atoms with Crippen LogP contribution in [0.4, 0.5) is 0 Å². The Kier molecular flexibility index (Phi) is 5.94. The number of aromatic nitrogens is 2. The van der Waals surface area contributed by atoms with Crippen molar-refractivity contribution in [1.82, 2.24) is 24.9 Å². The molecule has 3 atom stereocenters. The van der Waals surface area contributed by atoms with Crippen LogP contribution in [0.25, 0.3) is 0 Å². The van der Waals surface area contributed by atoms with E-state index in [1.807, 2.05) is 42.2 Å². The van der Waals surface area contributed by atoms with E-state index in [2.05, 4.69) is 15.3 Å². The zero-order valence-corrected chi connectivity index (χ0v) is 17.2. The predicted molar refractivity (Wildman–Crippen MR) is 112 cm³/mol. The van der Waals surface area contributed by atoms with Crippen molar-refractivity contribution in [2.24, 2.45) is 0 Å². The fourth-order valence-corrected chi connectivity index (χ4v) is 4.28. The first kappa shape index (κ1) is 20.3. The number of benzene rings is 1. The number of nitrogens with one attached hydrogen (secondary N) is 1. The summed E-state index contributed by atoms with van der Waals surface area (Å²) in [6.45, 7) is 5.20. The van der Waals surface area contributed by atoms with Crippen LogP contribution in [0, 0.1) is 0 Å². The highest BCUT2D eigenvalue weighted by molar-refractivity contribution is 5.94. The minimum atomic E-state index is -0.304. The number of fused-ring (bicyclic) bond motifs is 2. The lowest BCUT2D eigenvalue weighted by atomic mass is 10.1. The number of piperazine rings is 1. The quantitative estimate of drug-likeness (QED) is 0.769. The molecule has 30 heavy (non-hydrogen) atoms. The summed E-state index contributed by atoms with van der Waals surface area (Å²) < 4.78 is 1.32. The first-order valence-corrected chi connectivity index (χ1v) is 10.5. The normalized spacial score (nSPS) is 22.7. The van der Waals surface area contributed by atoms with Crippen molar-refractivity contribution in [2.75, 3.05) is 26.2 Å². The van der Waals surface area contributed by atoms with Crippen molar-refractivity contribution in [2.45, 2.75) is 38.4 Å². The highest BCUT2D eigenvalue weighted by Gasteiger charge is 2.40. The summed E-state index contributed by atoms with van der Waals surface area (Å²) in [5.41, 5.74) is 0.720. The third-order valence-electron chi connectivity index (χ3n) is 5.87. The number of hydrogen-bond acceptors (Lipinski definition) is 5. The average Bonchev–Trinajstić information content (AvgIpc) is 3.19. The molecule has 4 rings (SSSR count). The highest BCUT2D eigenvalue weighted by atomic mass is 16.2. The van der Waals surface area contributed by atoms with Crippen molar-refractivity contribution in [3.8, 4) is 0 Å². The number of hydrogen-bond donors (Lipinski definition) is 1. The minimum Gasteiger partial charge on any atom is -0.349 e. The molecule has 0 spiro atoms.